The van der Waals surface area contributed by atoms with Crippen LogP contribution < -0.4 is 9.04 Å². The number of hydrogen-bond donors (Lipinski definition) is 0. The van der Waals surface area contributed by atoms with E-state index in [9.17, 15) is 13.2 Å². The summed E-state index contributed by atoms with van der Waals surface area (Å²) in [6.45, 7) is 7.31. The highest BCUT2D eigenvalue weighted by atomic mass is 32.2. The summed E-state index contributed by atoms with van der Waals surface area (Å²) in [5.74, 6) is 0.589. The lowest BCUT2D eigenvalue weighted by Crippen LogP contribution is -2.38. The molecule has 1 aromatic rings. The van der Waals surface area contributed by atoms with Crippen LogP contribution in [0.25, 0.3) is 0 Å². The molecule has 144 valence electrons. The topological polar surface area (TPSA) is 76.2 Å². The second-order valence-electron chi connectivity index (χ2n) is 7.74. The van der Waals surface area contributed by atoms with Crippen LogP contribution in [0, 0.1) is 0 Å². The minimum absolute atomic E-state index is 0.314. The predicted octanol–water partition coefficient (Wildman–Crippen LogP) is 2.18. The van der Waals surface area contributed by atoms with Crippen LogP contribution in [0.2, 0.25) is 0 Å². The van der Waals surface area contributed by atoms with Crippen molar-refractivity contribution in [1.29, 1.82) is 0 Å². The number of benzene rings is 1. The van der Waals surface area contributed by atoms with Crippen LogP contribution in [-0.2, 0) is 27.6 Å². The molecule has 0 unspecified atom stereocenters. The van der Waals surface area contributed by atoms with Crippen LogP contribution in [0.4, 0.5) is 10.5 Å². The van der Waals surface area contributed by atoms with Crippen LogP contribution in [-0.4, -0.2) is 57.5 Å². The molecule has 0 atom stereocenters. The fourth-order valence-corrected chi connectivity index (χ4v) is 4.17. The van der Waals surface area contributed by atoms with Crippen molar-refractivity contribution in [3.63, 3.8) is 0 Å². The third kappa shape index (κ3) is 4.06. The Balaban J connectivity index is 1.84. The molecule has 0 bridgehead atoms. The maximum Gasteiger partial charge on any atom is 0.410 e. The minimum atomic E-state index is -3.35. The number of anilines is 1. The van der Waals surface area contributed by atoms with Gasteiger partial charge in [0.25, 0.3) is 0 Å². The van der Waals surface area contributed by atoms with Crippen molar-refractivity contribution in [2.45, 2.75) is 39.2 Å². The summed E-state index contributed by atoms with van der Waals surface area (Å²) in [7, 11) is -3.35. The summed E-state index contributed by atoms with van der Waals surface area (Å²) in [6.07, 6.45) is 2.23. The van der Waals surface area contributed by atoms with Gasteiger partial charge in [0.05, 0.1) is 18.5 Å². The van der Waals surface area contributed by atoms with Gasteiger partial charge in [-0.15, -0.1) is 0 Å². The molecule has 1 aromatic carbocycles. The summed E-state index contributed by atoms with van der Waals surface area (Å²) < 4.78 is 36.7. The van der Waals surface area contributed by atoms with Gasteiger partial charge in [-0.05, 0) is 56.9 Å². The van der Waals surface area contributed by atoms with Crippen molar-refractivity contribution in [2.75, 3.05) is 36.8 Å². The Kier molecular flexibility index (Phi) is 4.81. The lowest BCUT2D eigenvalue weighted by molar-refractivity contribution is 0.0258. The molecule has 0 fully saturated rings. The van der Waals surface area contributed by atoms with Gasteiger partial charge >= 0.3 is 6.09 Å². The summed E-state index contributed by atoms with van der Waals surface area (Å²) in [4.78, 5) is 14.1. The molecule has 2 heterocycles. The fourth-order valence-electron chi connectivity index (χ4n) is 3.26. The molecule has 26 heavy (non-hydrogen) atoms. The van der Waals surface area contributed by atoms with Crippen LogP contribution in [0.15, 0.2) is 12.1 Å². The Morgan fingerprint density at radius 3 is 2.31 bits per heavy atom. The fraction of sp³-hybridized carbons (Fsp3) is 0.611. The highest BCUT2D eigenvalue weighted by molar-refractivity contribution is 7.92. The van der Waals surface area contributed by atoms with Crippen molar-refractivity contribution in [3.05, 3.63) is 23.3 Å². The van der Waals surface area contributed by atoms with E-state index in [1.165, 1.54) is 10.6 Å². The van der Waals surface area contributed by atoms with Gasteiger partial charge in [-0.25, -0.2) is 13.2 Å². The van der Waals surface area contributed by atoms with Crippen LogP contribution >= 0.6 is 0 Å². The molecule has 1 amide bonds. The molecule has 0 radical (unpaired) electrons. The number of carbonyl (C=O) groups excluding carboxylic acids is 1. The number of rotatable bonds is 1. The molecule has 0 N–H and O–H groups in total. The first-order valence-corrected chi connectivity index (χ1v) is 10.6. The van der Waals surface area contributed by atoms with Gasteiger partial charge < -0.3 is 14.4 Å². The summed E-state index contributed by atoms with van der Waals surface area (Å²) >= 11 is 0. The molecule has 2 aliphatic heterocycles. The zero-order valence-electron chi connectivity index (χ0n) is 15.7. The molecule has 0 saturated heterocycles. The lowest BCUT2D eigenvalue weighted by atomic mass is 10.0. The van der Waals surface area contributed by atoms with Crippen LogP contribution in [0.1, 0.15) is 31.9 Å². The Hall–Kier alpha value is -1.96. The summed E-state index contributed by atoms with van der Waals surface area (Å²) in [6, 6.07) is 3.81. The zero-order chi connectivity index (χ0) is 19.1. The SMILES string of the molecule is CC(C)(C)OC(=O)N1CCc2cc3c(cc2CC1)N(S(C)(=O)=O)CCO3. The maximum absolute atomic E-state index is 12.3. The first-order valence-electron chi connectivity index (χ1n) is 8.79. The molecule has 2 aliphatic rings. The van der Waals surface area contributed by atoms with Gasteiger partial charge in [0, 0.05) is 13.1 Å². The van der Waals surface area contributed by atoms with E-state index < -0.39 is 15.6 Å². The smallest absolute Gasteiger partial charge is 0.410 e. The molecule has 0 aliphatic carbocycles. The van der Waals surface area contributed by atoms with Crippen molar-refractivity contribution in [3.8, 4) is 5.75 Å². The van der Waals surface area contributed by atoms with E-state index in [0.29, 0.717) is 50.5 Å². The summed E-state index contributed by atoms with van der Waals surface area (Å²) in [5, 5.41) is 0. The molecular weight excluding hydrogens is 356 g/mol. The van der Waals surface area contributed by atoms with E-state index in [1.54, 1.807) is 4.90 Å². The van der Waals surface area contributed by atoms with E-state index in [0.717, 1.165) is 11.1 Å². The number of amides is 1. The molecule has 3 rings (SSSR count). The Labute approximate surface area is 154 Å². The Morgan fingerprint density at radius 2 is 1.73 bits per heavy atom. The van der Waals surface area contributed by atoms with Crippen molar-refractivity contribution in [2.24, 2.45) is 0 Å². The average Bonchev–Trinajstić information content (AvgIpc) is 2.71. The third-order valence-electron chi connectivity index (χ3n) is 4.46. The Morgan fingerprint density at radius 1 is 1.12 bits per heavy atom. The van der Waals surface area contributed by atoms with Crippen LogP contribution in [0.3, 0.4) is 0 Å². The van der Waals surface area contributed by atoms with Gasteiger partial charge in [0.15, 0.2) is 0 Å². The number of hydrogen-bond acceptors (Lipinski definition) is 5. The standard InChI is InChI=1S/C18H26N2O5S/c1-18(2,3)25-17(21)19-7-5-13-11-15-16(12-14(13)6-8-19)24-10-9-20(15)26(4,22)23/h11-12H,5-10H2,1-4H3. The quantitative estimate of drug-likeness (QED) is 0.744. The molecule has 7 nitrogen and oxygen atoms in total. The molecule has 8 heteroatoms. The zero-order valence-corrected chi connectivity index (χ0v) is 16.6. The first kappa shape index (κ1) is 18.8. The molecule has 0 aromatic heterocycles. The monoisotopic (exact) mass is 382 g/mol. The lowest BCUT2D eigenvalue weighted by Gasteiger charge is -2.30. The van der Waals surface area contributed by atoms with E-state index in [2.05, 4.69) is 0 Å². The number of sulfonamides is 1. The van der Waals surface area contributed by atoms with Gasteiger partial charge in [-0.2, -0.15) is 0 Å². The van der Waals surface area contributed by atoms with E-state index in [1.807, 2.05) is 32.9 Å². The van der Waals surface area contributed by atoms with Gasteiger partial charge in [0.2, 0.25) is 10.0 Å². The third-order valence-corrected chi connectivity index (χ3v) is 5.64. The van der Waals surface area contributed by atoms with E-state index >= 15 is 0 Å². The Bertz CT molecular complexity index is 814. The highest BCUT2D eigenvalue weighted by Crippen LogP contribution is 2.37. The number of carbonyl (C=O) groups is 1. The number of nitrogens with zero attached hydrogens (tertiary/aromatic N) is 2. The second kappa shape index (κ2) is 6.64. The van der Waals surface area contributed by atoms with Gasteiger partial charge in [0.1, 0.15) is 18.0 Å². The van der Waals surface area contributed by atoms with Crippen molar-refractivity contribution >= 4 is 21.8 Å². The highest BCUT2D eigenvalue weighted by Gasteiger charge is 2.29. The first-order chi connectivity index (χ1) is 12.0. The predicted molar refractivity (Wildman–Crippen MR) is 99.3 cm³/mol. The van der Waals surface area contributed by atoms with Crippen LogP contribution in [0.5, 0.6) is 5.75 Å². The number of fused-ring (bicyclic) bond motifs is 2. The molecule has 0 saturated carbocycles. The van der Waals surface area contributed by atoms with Crippen molar-refractivity contribution < 1.29 is 22.7 Å². The molecule has 0 spiro atoms. The van der Waals surface area contributed by atoms with E-state index in [4.69, 9.17) is 9.47 Å². The average molecular weight is 382 g/mol. The van der Waals surface area contributed by atoms with Gasteiger partial charge in [-0.3, -0.25) is 4.31 Å². The molecular formula is C18H26N2O5S. The second-order valence-corrected chi connectivity index (χ2v) is 9.65. The normalized spacial score (nSPS) is 17.7. The largest absolute Gasteiger partial charge is 0.489 e. The number of ether oxygens (including phenoxy) is 2. The van der Waals surface area contributed by atoms with Gasteiger partial charge in [-0.1, -0.05) is 0 Å². The minimum Gasteiger partial charge on any atom is -0.489 e. The van der Waals surface area contributed by atoms with Crippen molar-refractivity contribution in [1.82, 2.24) is 4.90 Å². The maximum atomic E-state index is 12.3. The van der Waals surface area contributed by atoms with E-state index in [-0.39, 0.29) is 6.09 Å². The summed E-state index contributed by atoms with van der Waals surface area (Å²) in [5.41, 5.74) is 2.20.